The minimum atomic E-state index is -0.908. The lowest BCUT2D eigenvalue weighted by Gasteiger charge is -2.62. The SMILES string of the molecule is COc1c(CN2O[C@@H](CO)C(C(C)O)[C@H]2C(=O)N[C@H]2C[C@H]3C[C@@H]([C@@H]2C)C3(C)C)cccc1-c1cc(C(=O)NCCNC(C)=O)cc(N(C)C)c1. The summed E-state index contributed by atoms with van der Waals surface area (Å²) in [6.07, 6.45) is 0.443. The number of para-hydroxylation sites is 1. The molecule has 4 fully saturated rings. The number of methoxy groups -OCH3 is 1. The van der Waals surface area contributed by atoms with Gasteiger partial charge in [0.25, 0.3) is 5.91 Å². The highest BCUT2D eigenvalue weighted by Gasteiger charge is 2.57. The van der Waals surface area contributed by atoms with Gasteiger partial charge in [-0.3, -0.25) is 19.2 Å². The summed E-state index contributed by atoms with van der Waals surface area (Å²) in [5, 5.41) is 31.6. The molecule has 1 heterocycles. The van der Waals surface area contributed by atoms with Gasteiger partial charge in [-0.1, -0.05) is 39.0 Å². The standard InChI is InChI=1S/C38H55N5O7/c1-21-30-17-27(38(30,4)5)18-31(21)41-37(48)34-33(22(2)45)32(20-44)50-43(34)19-24-10-9-11-29(35(24)49-8)25-14-26(16-28(15-25)42(6)7)36(47)40-13-12-39-23(3)46/h9-11,14-16,21-22,27,30-34,44-45H,12-13,17-20H2,1-8H3,(H,39,46)(H,40,47)(H,41,48)/t21-,22?,27+,30-,31-,32-,33?,34-/m0/s1. The van der Waals surface area contributed by atoms with E-state index < -0.39 is 24.2 Å². The van der Waals surface area contributed by atoms with E-state index in [4.69, 9.17) is 9.57 Å². The number of carbonyl (C=O) groups excluding carboxylic acids is 3. The lowest BCUT2D eigenvalue weighted by molar-refractivity contribution is -0.183. The van der Waals surface area contributed by atoms with E-state index in [0.29, 0.717) is 35.6 Å². The van der Waals surface area contributed by atoms with Crippen LogP contribution in [0.4, 0.5) is 5.69 Å². The van der Waals surface area contributed by atoms with Gasteiger partial charge in [-0.25, -0.2) is 0 Å². The van der Waals surface area contributed by atoms with Gasteiger partial charge >= 0.3 is 0 Å². The first kappa shape index (κ1) is 37.5. The Morgan fingerprint density at radius 2 is 1.84 bits per heavy atom. The Bertz CT molecular complexity index is 1560. The van der Waals surface area contributed by atoms with Crippen LogP contribution in [-0.4, -0.2) is 98.2 Å². The van der Waals surface area contributed by atoms with Crippen molar-refractivity contribution in [3.05, 3.63) is 47.5 Å². The zero-order valence-corrected chi connectivity index (χ0v) is 30.7. The maximum atomic E-state index is 14.2. The molecule has 3 amide bonds. The molecule has 2 aromatic rings. The molecule has 274 valence electrons. The summed E-state index contributed by atoms with van der Waals surface area (Å²) in [7, 11) is 5.37. The fourth-order valence-electron chi connectivity index (χ4n) is 8.50. The lowest BCUT2D eigenvalue weighted by Crippen LogP contribution is -2.62. The second-order valence-corrected chi connectivity index (χ2v) is 15.1. The highest BCUT2D eigenvalue weighted by atomic mass is 16.7. The molecule has 4 aliphatic rings. The average Bonchev–Trinajstić information content (AvgIpc) is 3.45. The van der Waals surface area contributed by atoms with Gasteiger partial charge in [0.15, 0.2) is 0 Å². The van der Waals surface area contributed by atoms with Crippen molar-refractivity contribution in [2.24, 2.45) is 29.1 Å². The van der Waals surface area contributed by atoms with Crippen LogP contribution in [0.2, 0.25) is 0 Å². The number of hydroxylamine groups is 2. The van der Waals surface area contributed by atoms with Crippen LogP contribution in [0.15, 0.2) is 36.4 Å². The van der Waals surface area contributed by atoms with Gasteiger partial charge < -0.3 is 35.8 Å². The van der Waals surface area contributed by atoms with Gasteiger partial charge in [0.1, 0.15) is 17.9 Å². The van der Waals surface area contributed by atoms with Crippen LogP contribution >= 0.6 is 0 Å². The number of rotatable bonds is 13. The second-order valence-electron chi connectivity index (χ2n) is 15.1. The smallest absolute Gasteiger partial charge is 0.251 e. The van der Waals surface area contributed by atoms with E-state index in [1.54, 1.807) is 31.2 Å². The number of ether oxygens (including phenoxy) is 1. The third-order valence-electron chi connectivity index (χ3n) is 11.5. The van der Waals surface area contributed by atoms with Gasteiger partial charge in [0.2, 0.25) is 11.8 Å². The fraction of sp³-hybridized carbons (Fsp3) is 0.605. The molecule has 8 atom stereocenters. The minimum absolute atomic E-state index is 0.0302. The van der Waals surface area contributed by atoms with Crippen molar-refractivity contribution in [3.8, 4) is 16.9 Å². The topological polar surface area (TPSA) is 153 Å². The lowest BCUT2D eigenvalue weighted by atomic mass is 9.45. The summed E-state index contributed by atoms with van der Waals surface area (Å²) in [6, 6.07) is 10.5. The maximum Gasteiger partial charge on any atom is 0.251 e. The predicted molar refractivity (Wildman–Crippen MR) is 191 cm³/mol. The first-order valence-corrected chi connectivity index (χ1v) is 17.7. The van der Waals surface area contributed by atoms with Crippen molar-refractivity contribution in [2.75, 3.05) is 45.8 Å². The Balaban J connectivity index is 1.43. The van der Waals surface area contributed by atoms with Crippen LogP contribution in [0.3, 0.4) is 0 Å². The fourth-order valence-corrected chi connectivity index (χ4v) is 8.50. The molecule has 2 unspecified atom stereocenters. The number of anilines is 1. The summed E-state index contributed by atoms with van der Waals surface area (Å²) >= 11 is 0. The zero-order valence-electron chi connectivity index (χ0n) is 30.7. The summed E-state index contributed by atoms with van der Waals surface area (Å²) in [5.41, 5.74) is 3.76. The van der Waals surface area contributed by atoms with E-state index in [-0.39, 0.29) is 48.9 Å². The van der Waals surface area contributed by atoms with E-state index in [0.717, 1.165) is 28.8 Å². The molecule has 12 heteroatoms. The Morgan fingerprint density at radius 1 is 1.12 bits per heavy atom. The van der Waals surface area contributed by atoms with E-state index >= 15 is 0 Å². The number of hydrogen-bond acceptors (Lipinski definition) is 9. The number of fused-ring (bicyclic) bond motifs is 2. The van der Waals surface area contributed by atoms with Gasteiger partial charge in [0.05, 0.1) is 26.4 Å². The Hall–Kier alpha value is -3.71. The molecule has 0 aromatic heterocycles. The van der Waals surface area contributed by atoms with Crippen LogP contribution < -0.4 is 25.6 Å². The molecular weight excluding hydrogens is 638 g/mol. The molecule has 3 saturated carbocycles. The highest BCUT2D eigenvalue weighted by Crippen LogP contribution is 2.61. The van der Waals surface area contributed by atoms with Crippen molar-refractivity contribution in [1.29, 1.82) is 0 Å². The van der Waals surface area contributed by atoms with Crippen LogP contribution in [0.1, 0.15) is 63.4 Å². The number of amides is 3. The molecule has 0 spiro atoms. The molecule has 1 aliphatic heterocycles. The monoisotopic (exact) mass is 693 g/mol. The van der Waals surface area contributed by atoms with E-state index in [1.807, 2.05) is 43.3 Å². The molecule has 1 saturated heterocycles. The largest absolute Gasteiger partial charge is 0.496 e. The average molecular weight is 694 g/mol. The number of nitrogens with zero attached hydrogens (tertiary/aromatic N) is 2. The van der Waals surface area contributed by atoms with Crippen molar-refractivity contribution in [2.45, 2.75) is 78.3 Å². The zero-order chi connectivity index (χ0) is 36.5. The van der Waals surface area contributed by atoms with Crippen LogP contribution in [0.5, 0.6) is 5.75 Å². The Morgan fingerprint density at radius 3 is 2.44 bits per heavy atom. The van der Waals surface area contributed by atoms with E-state index in [9.17, 15) is 24.6 Å². The first-order chi connectivity index (χ1) is 23.7. The molecule has 12 nitrogen and oxygen atoms in total. The van der Waals surface area contributed by atoms with Crippen LogP contribution in [-0.2, 0) is 21.0 Å². The van der Waals surface area contributed by atoms with E-state index in [1.165, 1.54) is 13.3 Å². The molecule has 2 aromatic carbocycles. The maximum absolute atomic E-state index is 14.2. The Labute approximate surface area is 295 Å². The summed E-state index contributed by atoms with van der Waals surface area (Å²) in [6.45, 7) is 10.3. The third kappa shape index (κ3) is 7.49. The summed E-state index contributed by atoms with van der Waals surface area (Å²) < 4.78 is 6.00. The number of hydrogen-bond donors (Lipinski definition) is 5. The van der Waals surface area contributed by atoms with Crippen molar-refractivity contribution < 1.29 is 34.2 Å². The minimum Gasteiger partial charge on any atom is -0.496 e. The number of aliphatic hydroxyl groups excluding tert-OH is 2. The van der Waals surface area contributed by atoms with Crippen molar-refractivity contribution >= 4 is 23.4 Å². The molecule has 5 N–H and O–H groups in total. The number of carbonyl (C=O) groups is 3. The molecule has 50 heavy (non-hydrogen) atoms. The van der Waals surface area contributed by atoms with Crippen molar-refractivity contribution in [3.63, 3.8) is 0 Å². The van der Waals surface area contributed by atoms with Gasteiger partial charge in [0, 0.05) is 68.4 Å². The molecule has 0 radical (unpaired) electrons. The quantitative estimate of drug-likeness (QED) is 0.200. The van der Waals surface area contributed by atoms with Gasteiger partial charge in [-0.05, 0) is 66.7 Å². The third-order valence-corrected chi connectivity index (χ3v) is 11.5. The second kappa shape index (κ2) is 15.3. The van der Waals surface area contributed by atoms with Gasteiger partial charge in [-0.2, -0.15) is 5.06 Å². The predicted octanol–water partition coefficient (Wildman–Crippen LogP) is 2.95. The number of aliphatic hydroxyl groups is 2. The Kier molecular flexibility index (Phi) is 11.5. The molecule has 3 aliphatic carbocycles. The number of benzene rings is 2. The van der Waals surface area contributed by atoms with E-state index in [2.05, 4.69) is 36.7 Å². The van der Waals surface area contributed by atoms with Crippen molar-refractivity contribution in [1.82, 2.24) is 21.0 Å². The molecular formula is C38H55N5O7. The summed E-state index contributed by atoms with van der Waals surface area (Å²) in [5.74, 6) is 0.682. The normalized spacial score (nSPS) is 27.5. The first-order valence-electron chi connectivity index (χ1n) is 17.7. The van der Waals surface area contributed by atoms with Gasteiger partial charge in [-0.15, -0.1) is 0 Å². The van der Waals surface area contributed by atoms with Crippen LogP contribution in [0, 0.1) is 29.1 Å². The molecule has 6 rings (SSSR count). The van der Waals surface area contributed by atoms with Crippen LogP contribution in [0.25, 0.3) is 11.1 Å². The number of nitrogens with one attached hydrogen (secondary N) is 3. The summed E-state index contributed by atoms with van der Waals surface area (Å²) in [4.78, 5) is 46.7. The molecule has 2 bridgehead atoms. The highest BCUT2D eigenvalue weighted by molar-refractivity contribution is 5.97.